The molecule has 0 amide bonds. The Hall–Kier alpha value is -1.10. The fourth-order valence-electron chi connectivity index (χ4n) is 3.16. The lowest BCUT2D eigenvalue weighted by atomic mass is 10.2. The average molecular weight is 307 g/mol. The summed E-state index contributed by atoms with van der Waals surface area (Å²) in [7, 11) is 0. The van der Waals surface area contributed by atoms with E-state index in [1.807, 2.05) is 12.1 Å². The summed E-state index contributed by atoms with van der Waals surface area (Å²) in [5, 5.41) is 4.20. The van der Waals surface area contributed by atoms with Gasteiger partial charge in [-0.3, -0.25) is 4.90 Å². The molecule has 114 valence electrons. The third kappa shape index (κ3) is 2.80. The molecule has 0 saturated carbocycles. The van der Waals surface area contributed by atoms with Gasteiger partial charge in [-0.1, -0.05) is 24.6 Å². The zero-order valence-electron chi connectivity index (χ0n) is 12.8. The van der Waals surface area contributed by atoms with Crippen LogP contribution in [-0.4, -0.2) is 40.6 Å². The lowest BCUT2D eigenvalue weighted by Crippen LogP contribution is -2.45. The third-order valence-corrected chi connectivity index (χ3v) is 4.57. The van der Waals surface area contributed by atoms with E-state index in [-0.39, 0.29) is 0 Å². The Balaban J connectivity index is 2.04. The van der Waals surface area contributed by atoms with Crippen molar-refractivity contribution in [2.24, 2.45) is 0 Å². The van der Waals surface area contributed by atoms with Crippen LogP contribution in [-0.2, 0) is 6.54 Å². The molecule has 1 aliphatic heterocycles. The molecule has 1 N–H and O–H groups in total. The lowest BCUT2D eigenvalue weighted by molar-refractivity contribution is 0.176. The molecule has 2 aromatic rings. The molecule has 1 aliphatic rings. The maximum Gasteiger partial charge on any atom is 0.127 e. The van der Waals surface area contributed by atoms with Crippen LogP contribution < -0.4 is 5.32 Å². The first-order valence-corrected chi connectivity index (χ1v) is 8.19. The van der Waals surface area contributed by atoms with Gasteiger partial charge in [-0.15, -0.1) is 0 Å². The second-order valence-electron chi connectivity index (χ2n) is 5.69. The molecule has 1 aromatic carbocycles. The highest BCUT2D eigenvalue weighted by atomic mass is 35.5. The van der Waals surface area contributed by atoms with Gasteiger partial charge >= 0.3 is 0 Å². The highest BCUT2D eigenvalue weighted by molar-refractivity contribution is 6.35. The van der Waals surface area contributed by atoms with Gasteiger partial charge in [0, 0.05) is 32.7 Å². The van der Waals surface area contributed by atoms with Gasteiger partial charge in [0.2, 0.25) is 0 Å². The fourth-order valence-corrected chi connectivity index (χ4v) is 3.43. The number of hydrogen-bond acceptors (Lipinski definition) is 3. The quantitative estimate of drug-likeness (QED) is 0.942. The number of benzene rings is 1. The minimum atomic E-state index is 0.321. The predicted molar refractivity (Wildman–Crippen MR) is 87.9 cm³/mol. The van der Waals surface area contributed by atoms with Crippen LogP contribution in [0.3, 0.4) is 0 Å². The highest BCUT2D eigenvalue weighted by Gasteiger charge is 2.24. The van der Waals surface area contributed by atoms with E-state index in [4.69, 9.17) is 16.6 Å². The molecule has 2 heterocycles. The van der Waals surface area contributed by atoms with Crippen molar-refractivity contribution in [3.63, 3.8) is 0 Å². The Morgan fingerprint density at radius 2 is 2.10 bits per heavy atom. The maximum absolute atomic E-state index is 6.42. The largest absolute Gasteiger partial charge is 0.325 e. The first-order valence-electron chi connectivity index (χ1n) is 7.81. The Morgan fingerprint density at radius 3 is 2.81 bits per heavy atom. The van der Waals surface area contributed by atoms with Crippen molar-refractivity contribution in [3.05, 3.63) is 29.0 Å². The molecule has 1 saturated heterocycles. The Kier molecular flexibility index (Phi) is 4.48. The first kappa shape index (κ1) is 14.8. The van der Waals surface area contributed by atoms with Crippen molar-refractivity contribution in [3.8, 4) is 0 Å². The summed E-state index contributed by atoms with van der Waals surface area (Å²) < 4.78 is 2.31. The Labute approximate surface area is 131 Å². The minimum Gasteiger partial charge on any atom is -0.325 e. The maximum atomic E-state index is 6.42. The second kappa shape index (κ2) is 6.34. The lowest BCUT2D eigenvalue weighted by Gasteiger charge is -2.32. The molecular formula is C16H23ClN4. The molecular weight excluding hydrogens is 284 g/mol. The van der Waals surface area contributed by atoms with Crippen molar-refractivity contribution in [2.45, 2.75) is 32.9 Å². The summed E-state index contributed by atoms with van der Waals surface area (Å²) in [6.07, 6.45) is 1.08. The average Bonchev–Trinajstić information content (AvgIpc) is 2.88. The van der Waals surface area contributed by atoms with Crippen molar-refractivity contribution < 1.29 is 0 Å². The van der Waals surface area contributed by atoms with E-state index in [1.54, 1.807) is 0 Å². The van der Waals surface area contributed by atoms with Crippen LogP contribution >= 0.6 is 11.6 Å². The molecule has 21 heavy (non-hydrogen) atoms. The number of piperazine rings is 1. The molecule has 4 nitrogen and oxygen atoms in total. The number of fused-ring (bicyclic) bond motifs is 1. The number of halogens is 1. The number of imidazole rings is 1. The zero-order chi connectivity index (χ0) is 14.8. The number of nitrogens with one attached hydrogen (secondary N) is 1. The van der Waals surface area contributed by atoms with Crippen LogP contribution in [0.25, 0.3) is 11.0 Å². The summed E-state index contributed by atoms with van der Waals surface area (Å²) in [6, 6.07) is 6.31. The van der Waals surface area contributed by atoms with Crippen molar-refractivity contribution >= 4 is 22.6 Å². The van der Waals surface area contributed by atoms with Gasteiger partial charge in [0.1, 0.15) is 5.82 Å². The molecule has 3 rings (SSSR count). The molecule has 1 unspecified atom stereocenters. The summed E-state index contributed by atoms with van der Waals surface area (Å²) in [5.41, 5.74) is 2.09. The van der Waals surface area contributed by atoms with Crippen LogP contribution in [0.15, 0.2) is 18.2 Å². The molecule has 0 radical (unpaired) electrons. The number of aryl methyl sites for hydroxylation is 1. The molecule has 1 fully saturated rings. The van der Waals surface area contributed by atoms with Gasteiger partial charge < -0.3 is 9.88 Å². The minimum absolute atomic E-state index is 0.321. The van der Waals surface area contributed by atoms with Gasteiger partial charge in [-0.2, -0.15) is 0 Å². The molecule has 0 aliphatic carbocycles. The van der Waals surface area contributed by atoms with Gasteiger partial charge in [-0.05, 0) is 25.5 Å². The van der Waals surface area contributed by atoms with Gasteiger partial charge in [0.25, 0.3) is 0 Å². The molecule has 0 bridgehead atoms. The second-order valence-corrected chi connectivity index (χ2v) is 6.10. The van der Waals surface area contributed by atoms with E-state index >= 15 is 0 Å². The van der Waals surface area contributed by atoms with E-state index < -0.39 is 0 Å². The van der Waals surface area contributed by atoms with E-state index in [0.717, 1.165) is 61.0 Å². The normalized spacial score (nSPS) is 18.2. The van der Waals surface area contributed by atoms with Gasteiger partial charge in [-0.25, -0.2) is 4.98 Å². The molecule has 5 heteroatoms. The third-order valence-electron chi connectivity index (χ3n) is 4.27. The number of para-hydroxylation sites is 1. The topological polar surface area (TPSA) is 33.1 Å². The molecule has 1 aromatic heterocycles. The van der Waals surface area contributed by atoms with Crippen LogP contribution in [0, 0.1) is 0 Å². The van der Waals surface area contributed by atoms with E-state index in [2.05, 4.69) is 34.7 Å². The zero-order valence-corrected chi connectivity index (χ0v) is 13.5. The van der Waals surface area contributed by atoms with E-state index in [1.165, 1.54) is 0 Å². The van der Waals surface area contributed by atoms with Crippen molar-refractivity contribution in [1.82, 2.24) is 19.8 Å². The standard InChI is InChI=1S/C16H23ClN4/c1-3-9-21-15-13(17)5-4-6-14(15)19-16(21)12(2)20-10-7-18-8-11-20/h4-6,12,18H,3,7-11H2,1-2H3. The fraction of sp³-hybridized carbons (Fsp3) is 0.562. The summed E-state index contributed by atoms with van der Waals surface area (Å²) in [5.74, 6) is 1.14. The molecule has 0 spiro atoms. The van der Waals surface area contributed by atoms with Crippen LogP contribution in [0.4, 0.5) is 0 Å². The Bertz CT molecular complexity index is 616. The summed E-state index contributed by atoms with van der Waals surface area (Å²) in [4.78, 5) is 7.38. The Morgan fingerprint density at radius 1 is 1.33 bits per heavy atom. The van der Waals surface area contributed by atoms with E-state index in [9.17, 15) is 0 Å². The summed E-state index contributed by atoms with van der Waals surface area (Å²) >= 11 is 6.42. The van der Waals surface area contributed by atoms with Crippen molar-refractivity contribution in [1.29, 1.82) is 0 Å². The monoisotopic (exact) mass is 306 g/mol. The molecule has 1 atom stereocenters. The summed E-state index contributed by atoms with van der Waals surface area (Å²) in [6.45, 7) is 9.67. The number of rotatable bonds is 4. The van der Waals surface area contributed by atoms with Crippen LogP contribution in [0.2, 0.25) is 5.02 Å². The number of aromatic nitrogens is 2. The highest BCUT2D eigenvalue weighted by Crippen LogP contribution is 2.29. The predicted octanol–water partition coefficient (Wildman–Crippen LogP) is 3.07. The van der Waals surface area contributed by atoms with Crippen LogP contribution in [0.5, 0.6) is 0 Å². The van der Waals surface area contributed by atoms with Crippen LogP contribution in [0.1, 0.15) is 32.1 Å². The van der Waals surface area contributed by atoms with Crippen molar-refractivity contribution in [2.75, 3.05) is 26.2 Å². The van der Waals surface area contributed by atoms with Gasteiger partial charge in [0.15, 0.2) is 0 Å². The number of nitrogens with zero attached hydrogens (tertiary/aromatic N) is 3. The SMILES string of the molecule is CCCn1c(C(C)N2CCNCC2)nc2cccc(Cl)c21. The number of hydrogen-bond donors (Lipinski definition) is 1. The van der Waals surface area contributed by atoms with E-state index in [0.29, 0.717) is 6.04 Å². The first-order chi connectivity index (χ1) is 10.2. The van der Waals surface area contributed by atoms with Gasteiger partial charge in [0.05, 0.1) is 22.1 Å². The smallest absolute Gasteiger partial charge is 0.127 e.